The molecule has 0 radical (unpaired) electrons. The van der Waals surface area contributed by atoms with Crippen molar-refractivity contribution in [2.24, 2.45) is 5.73 Å². The van der Waals surface area contributed by atoms with Gasteiger partial charge in [-0.2, -0.15) is 0 Å². The van der Waals surface area contributed by atoms with Crippen LogP contribution in [-0.4, -0.2) is 42.2 Å². The topological polar surface area (TPSA) is 66.6 Å². The lowest BCUT2D eigenvalue weighted by Crippen LogP contribution is -2.37. The molecule has 17 heavy (non-hydrogen) atoms. The summed E-state index contributed by atoms with van der Waals surface area (Å²) in [5, 5.41) is 8.61. The van der Waals surface area contributed by atoms with Crippen molar-refractivity contribution in [1.82, 2.24) is 4.90 Å². The number of carboxylic acid groups (broad SMARTS) is 1. The van der Waals surface area contributed by atoms with E-state index in [0.717, 1.165) is 16.8 Å². The van der Waals surface area contributed by atoms with Gasteiger partial charge in [0.05, 0.1) is 10.2 Å². The molecule has 1 rings (SSSR count). The van der Waals surface area contributed by atoms with Crippen molar-refractivity contribution in [1.29, 1.82) is 0 Å². The Hall–Kier alpha value is -0.430. The highest BCUT2D eigenvalue weighted by molar-refractivity contribution is 9.11. The maximum atomic E-state index is 10.5. The predicted molar refractivity (Wildman–Crippen MR) is 73.4 cm³/mol. The molecule has 4 nitrogen and oxygen atoms in total. The molecule has 6 heteroatoms. The fraction of sp³-hybridized carbons (Fsp3) is 0.545. The second-order valence-corrected chi connectivity index (χ2v) is 6.62. The molecule has 0 aromatic carbocycles. The Morgan fingerprint density at radius 1 is 1.65 bits per heavy atom. The molecule has 0 aliphatic heterocycles. The third-order valence-electron chi connectivity index (χ3n) is 2.35. The number of rotatable bonds is 7. The predicted octanol–water partition coefficient (Wildman–Crippen LogP) is 1.79. The van der Waals surface area contributed by atoms with Gasteiger partial charge in [0.15, 0.2) is 0 Å². The molecular weight excluding hydrogens is 304 g/mol. The zero-order valence-electron chi connectivity index (χ0n) is 9.73. The minimum atomic E-state index is -0.840. The Morgan fingerprint density at radius 2 is 2.35 bits per heavy atom. The van der Waals surface area contributed by atoms with E-state index in [0.29, 0.717) is 6.54 Å². The standard InChI is InChI=1S/C11H17BrN2O2S/c1-14(7-8(13)6-11(15)16)5-4-9-2-3-10(12)17-9/h2-3,8H,4-7,13H2,1H3,(H,15,16). The maximum absolute atomic E-state index is 10.5. The van der Waals surface area contributed by atoms with Crippen LogP contribution in [0.2, 0.25) is 0 Å². The van der Waals surface area contributed by atoms with E-state index >= 15 is 0 Å². The summed E-state index contributed by atoms with van der Waals surface area (Å²) >= 11 is 5.15. The molecule has 0 saturated heterocycles. The van der Waals surface area contributed by atoms with Gasteiger partial charge in [0.1, 0.15) is 0 Å². The Kier molecular flexibility index (Phi) is 6.11. The minimum Gasteiger partial charge on any atom is -0.481 e. The van der Waals surface area contributed by atoms with Gasteiger partial charge in [-0.05, 0) is 41.5 Å². The summed E-state index contributed by atoms with van der Waals surface area (Å²) in [7, 11) is 1.96. The van der Waals surface area contributed by atoms with E-state index in [2.05, 4.69) is 26.9 Å². The van der Waals surface area contributed by atoms with Crippen LogP contribution in [0, 0.1) is 0 Å². The number of hydrogen-bond acceptors (Lipinski definition) is 4. The zero-order valence-corrected chi connectivity index (χ0v) is 12.1. The van der Waals surface area contributed by atoms with Crippen LogP contribution in [0.1, 0.15) is 11.3 Å². The number of hydrogen-bond donors (Lipinski definition) is 2. The molecule has 1 unspecified atom stereocenters. The van der Waals surface area contributed by atoms with Gasteiger partial charge in [-0.1, -0.05) is 0 Å². The highest BCUT2D eigenvalue weighted by Crippen LogP contribution is 2.22. The first kappa shape index (κ1) is 14.6. The lowest BCUT2D eigenvalue weighted by atomic mass is 10.2. The van der Waals surface area contributed by atoms with E-state index in [1.165, 1.54) is 4.88 Å². The Bertz CT molecular complexity index is 370. The quantitative estimate of drug-likeness (QED) is 0.803. The molecule has 3 N–H and O–H groups in total. The third kappa shape index (κ3) is 6.16. The lowest BCUT2D eigenvalue weighted by Gasteiger charge is -2.19. The van der Waals surface area contributed by atoms with E-state index in [-0.39, 0.29) is 12.5 Å². The van der Waals surface area contributed by atoms with Gasteiger partial charge >= 0.3 is 5.97 Å². The normalized spacial score (nSPS) is 12.9. The van der Waals surface area contributed by atoms with E-state index in [9.17, 15) is 4.79 Å². The number of nitrogens with two attached hydrogens (primary N) is 1. The summed E-state index contributed by atoms with van der Waals surface area (Å²) in [6.45, 7) is 1.50. The Balaban J connectivity index is 2.25. The third-order valence-corrected chi connectivity index (χ3v) is 4.04. The van der Waals surface area contributed by atoms with Crippen LogP contribution in [0.25, 0.3) is 0 Å². The van der Waals surface area contributed by atoms with E-state index in [4.69, 9.17) is 10.8 Å². The smallest absolute Gasteiger partial charge is 0.304 e. The average Bonchev–Trinajstić information content (AvgIpc) is 2.59. The van der Waals surface area contributed by atoms with Crippen molar-refractivity contribution in [3.05, 3.63) is 20.8 Å². The van der Waals surface area contributed by atoms with E-state index in [1.807, 2.05) is 13.1 Å². The number of halogens is 1. The fourth-order valence-corrected chi connectivity index (χ4v) is 3.04. The van der Waals surface area contributed by atoms with Gasteiger partial charge in [-0.15, -0.1) is 11.3 Å². The SMILES string of the molecule is CN(CCc1ccc(Br)s1)CC(N)CC(=O)O. The molecule has 1 heterocycles. The van der Waals surface area contributed by atoms with Gasteiger partial charge in [-0.25, -0.2) is 0 Å². The zero-order chi connectivity index (χ0) is 12.8. The summed E-state index contributed by atoms with van der Waals surface area (Å²) in [5.74, 6) is -0.840. The highest BCUT2D eigenvalue weighted by Gasteiger charge is 2.11. The molecular formula is C11H17BrN2O2S. The number of likely N-dealkylation sites (N-methyl/N-ethyl adjacent to an activating group) is 1. The molecule has 96 valence electrons. The van der Waals surface area contributed by atoms with Gasteiger partial charge < -0.3 is 15.7 Å². The fourth-order valence-electron chi connectivity index (χ4n) is 1.57. The molecule has 0 spiro atoms. The number of nitrogens with zero attached hydrogens (tertiary/aromatic N) is 1. The molecule has 0 saturated carbocycles. The van der Waals surface area contributed by atoms with Crippen LogP contribution in [0.15, 0.2) is 15.9 Å². The van der Waals surface area contributed by atoms with Crippen LogP contribution in [-0.2, 0) is 11.2 Å². The molecule has 1 aromatic heterocycles. The van der Waals surface area contributed by atoms with Crippen LogP contribution >= 0.6 is 27.3 Å². The first-order valence-corrected chi connectivity index (χ1v) is 6.98. The summed E-state index contributed by atoms with van der Waals surface area (Å²) in [6, 6.07) is 3.84. The van der Waals surface area contributed by atoms with Crippen molar-refractivity contribution in [3.8, 4) is 0 Å². The van der Waals surface area contributed by atoms with Crippen LogP contribution in [0.5, 0.6) is 0 Å². The Morgan fingerprint density at radius 3 is 2.88 bits per heavy atom. The number of thiophene rings is 1. The van der Waals surface area contributed by atoms with Crippen molar-refractivity contribution in [3.63, 3.8) is 0 Å². The molecule has 0 bridgehead atoms. The number of carbonyl (C=O) groups is 1. The average molecular weight is 321 g/mol. The number of carboxylic acids is 1. The Labute approximate surface area is 114 Å². The summed E-state index contributed by atoms with van der Waals surface area (Å²) in [6.07, 6.45) is 0.988. The second kappa shape index (κ2) is 7.10. The van der Waals surface area contributed by atoms with E-state index < -0.39 is 5.97 Å². The van der Waals surface area contributed by atoms with Gasteiger partial charge in [-0.3, -0.25) is 4.79 Å². The summed E-state index contributed by atoms with van der Waals surface area (Å²) in [4.78, 5) is 13.9. The minimum absolute atomic E-state index is 0.0227. The molecule has 0 aliphatic rings. The summed E-state index contributed by atoms with van der Waals surface area (Å²) in [5.41, 5.74) is 5.72. The molecule has 0 aliphatic carbocycles. The van der Waals surface area contributed by atoms with Gasteiger partial charge in [0.25, 0.3) is 0 Å². The molecule has 1 aromatic rings. The van der Waals surface area contributed by atoms with E-state index in [1.54, 1.807) is 11.3 Å². The van der Waals surface area contributed by atoms with Crippen LogP contribution < -0.4 is 5.73 Å². The van der Waals surface area contributed by atoms with Crippen molar-refractivity contribution < 1.29 is 9.90 Å². The molecule has 0 amide bonds. The first-order valence-electron chi connectivity index (χ1n) is 5.37. The van der Waals surface area contributed by atoms with Gasteiger partial charge in [0.2, 0.25) is 0 Å². The molecule has 0 fully saturated rings. The molecule has 1 atom stereocenters. The second-order valence-electron chi connectivity index (χ2n) is 4.08. The highest BCUT2D eigenvalue weighted by atomic mass is 79.9. The van der Waals surface area contributed by atoms with Crippen molar-refractivity contribution in [2.45, 2.75) is 18.9 Å². The van der Waals surface area contributed by atoms with Crippen LogP contribution in [0.3, 0.4) is 0 Å². The maximum Gasteiger partial charge on any atom is 0.304 e. The first-order chi connectivity index (χ1) is 7.97. The van der Waals surface area contributed by atoms with Crippen molar-refractivity contribution in [2.75, 3.05) is 20.1 Å². The largest absolute Gasteiger partial charge is 0.481 e. The lowest BCUT2D eigenvalue weighted by molar-refractivity contribution is -0.137. The van der Waals surface area contributed by atoms with Crippen molar-refractivity contribution >= 4 is 33.2 Å². The van der Waals surface area contributed by atoms with Gasteiger partial charge in [0, 0.05) is 24.0 Å². The number of aliphatic carboxylic acids is 1. The summed E-state index contributed by atoms with van der Waals surface area (Å²) < 4.78 is 1.14. The van der Waals surface area contributed by atoms with Crippen LogP contribution in [0.4, 0.5) is 0 Å². The monoisotopic (exact) mass is 320 g/mol.